The van der Waals surface area contributed by atoms with Crippen LogP contribution in [-0.2, 0) is 15.8 Å². The molecule has 0 aromatic heterocycles. The van der Waals surface area contributed by atoms with Gasteiger partial charge >= 0.3 is 0 Å². The van der Waals surface area contributed by atoms with Gasteiger partial charge in [-0.3, -0.25) is 0 Å². The van der Waals surface area contributed by atoms with E-state index < -0.39 is 10.0 Å². The number of thiocarbonyl (C=S) groups is 1. The minimum Gasteiger partial charge on any atom is -0.392 e. The zero-order chi connectivity index (χ0) is 13.2. The Morgan fingerprint density at radius 2 is 2.06 bits per heavy atom. The van der Waals surface area contributed by atoms with Crippen molar-refractivity contribution in [3.05, 3.63) is 35.9 Å². The Kier molecular flexibility index (Phi) is 3.99. The van der Waals surface area contributed by atoms with Gasteiger partial charge in [-0.1, -0.05) is 42.5 Å². The van der Waals surface area contributed by atoms with Crippen molar-refractivity contribution in [1.82, 2.24) is 4.31 Å². The highest BCUT2D eigenvalue weighted by molar-refractivity contribution is 7.88. The molecule has 0 aliphatic carbocycles. The lowest BCUT2D eigenvalue weighted by Crippen LogP contribution is -2.43. The predicted molar refractivity (Wildman–Crippen MR) is 75.6 cm³/mol. The van der Waals surface area contributed by atoms with E-state index in [0.29, 0.717) is 6.54 Å². The van der Waals surface area contributed by atoms with Crippen molar-refractivity contribution in [2.45, 2.75) is 24.6 Å². The number of sulfonamides is 1. The van der Waals surface area contributed by atoms with E-state index in [0.717, 1.165) is 18.4 Å². The minimum atomic E-state index is -3.34. The largest absolute Gasteiger partial charge is 0.392 e. The molecule has 0 spiro atoms. The van der Waals surface area contributed by atoms with Gasteiger partial charge in [-0.05, 0) is 18.4 Å². The zero-order valence-electron chi connectivity index (χ0n) is 9.95. The SMILES string of the molecule is NC(=S)C1CCCN1S(=O)(=O)Cc1ccccc1. The van der Waals surface area contributed by atoms with Crippen molar-refractivity contribution >= 4 is 27.2 Å². The highest BCUT2D eigenvalue weighted by Crippen LogP contribution is 2.23. The summed E-state index contributed by atoms with van der Waals surface area (Å²) in [7, 11) is -3.34. The van der Waals surface area contributed by atoms with Gasteiger partial charge in [-0.15, -0.1) is 0 Å². The van der Waals surface area contributed by atoms with Crippen molar-refractivity contribution in [1.29, 1.82) is 0 Å². The average molecular weight is 284 g/mol. The average Bonchev–Trinajstić information content (AvgIpc) is 2.79. The molecular weight excluding hydrogens is 268 g/mol. The molecule has 0 radical (unpaired) electrons. The molecule has 1 saturated heterocycles. The van der Waals surface area contributed by atoms with Crippen LogP contribution in [0.1, 0.15) is 18.4 Å². The Bertz CT molecular complexity index is 528. The summed E-state index contributed by atoms with van der Waals surface area (Å²) in [6, 6.07) is 8.84. The minimum absolute atomic E-state index is 0.00690. The molecule has 6 heteroatoms. The molecule has 0 amide bonds. The fourth-order valence-electron chi connectivity index (χ4n) is 2.23. The van der Waals surface area contributed by atoms with Crippen molar-refractivity contribution in [2.24, 2.45) is 5.73 Å². The van der Waals surface area contributed by atoms with Crippen molar-refractivity contribution in [3.8, 4) is 0 Å². The Balaban J connectivity index is 2.19. The van der Waals surface area contributed by atoms with E-state index in [1.54, 1.807) is 0 Å². The number of hydrogen-bond acceptors (Lipinski definition) is 3. The summed E-state index contributed by atoms with van der Waals surface area (Å²) in [5.74, 6) is 0.00690. The molecular formula is C12H16N2O2S2. The summed E-state index contributed by atoms with van der Waals surface area (Å²) in [4.78, 5) is 0.268. The van der Waals surface area contributed by atoms with Crippen molar-refractivity contribution in [3.63, 3.8) is 0 Å². The Morgan fingerprint density at radius 3 is 2.67 bits per heavy atom. The molecule has 1 aromatic carbocycles. The molecule has 1 aliphatic rings. The maximum atomic E-state index is 12.3. The lowest BCUT2D eigenvalue weighted by atomic mass is 10.2. The lowest BCUT2D eigenvalue weighted by molar-refractivity contribution is 0.445. The van der Waals surface area contributed by atoms with Gasteiger partial charge < -0.3 is 5.73 Å². The summed E-state index contributed by atoms with van der Waals surface area (Å²) in [6.07, 6.45) is 1.54. The van der Waals surface area contributed by atoms with Gasteiger partial charge in [-0.2, -0.15) is 4.31 Å². The molecule has 0 bridgehead atoms. The van der Waals surface area contributed by atoms with Crippen LogP contribution in [0.4, 0.5) is 0 Å². The second-order valence-corrected chi connectivity index (χ2v) is 6.81. The number of nitrogens with two attached hydrogens (primary N) is 1. The molecule has 2 N–H and O–H groups in total. The molecule has 98 valence electrons. The van der Waals surface area contributed by atoms with Crippen LogP contribution in [-0.4, -0.2) is 30.3 Å². The van der Waals surface area contributed by atoms with Gasteiger partial charge in [0.15, 0.2) is 0 Å². The molecule has 1 fully saturated rings. The number of rotatable bonds is 4. The molecule has 1 heterocycles. The number of hydrogen-bond donors (Lipinski definition) is 1. The van der Waals surface area contributed by atoms with Gasteiger partial charge in [0.1, 0.15) is 0 Å². The summed E-state index contributed by atoms with van der Waals surface area (Å²) in [5, 5.41) is 0. The third-order valence-electron chi connectivity index (χ3n) is 3.08. The van der Waals surface area contributed by atoms with Gasteiger partial charge in [0.05, 0.1) is 16.8 Å². The Labute approximate surface area is 113 Å². The third-order valence-corrected chi connectivity index (χ3v) is 5.20. The van der Waals surface area contributed by atoms with E-state index in [9.17, 15) is 8.42 Å². The lowest BCUT2D eigenvalue weighted by Gasteiger charge is -2.23. The standard InChI is InChI=1S/C12H16N2O2S2/c13-12(17)11-7-4-8-14(11)18(15,16)9-10-5-2-1-3-6-10/h1-3,5-6,11H,4,7-9H2,(H2,13,17). The zero-order valence-corrected chi connectivity index (χ0v) is 11.6. The molecule has 18 heavy (non-hydrogen) atoms. The molecule has 1 atom stereocenters. The molecule has 2 rings (SSSR count). The smallest absolute Gasteiger partial charge is 0.218 e. The summed E-state index contributed by atoms with van der Waals surface area (Å²) in [6.45, 7) is 0.511. The van der Waals surface area contributed by atoms with Crippen LogP contribution in [0.3, 0.4) is 0 Å². The normalized spacial score (nSPS) is 21.0. The maximum absolute atomic E-state index is 12.3. The highest BCUT2D eigenvalue weighted by Gasteiger charge is 2.35. The van der Waals surface area contributed by atoms with Gasteiger partial charge in [0, 0.05) is 6.54 Å². The van der Waals surface area contributed by atoms with E-state index in [-0.39, 0.29) is 16.8 Å². The van der Waals surface area contributed by atoms with E-state index in [4.69, 9.17) is 18.0 Å². The van der Waals surface area contributed by atoms with Crippen LogP contribution < -0.4 is 5.73 Å². The Hall–Kier alpha value is -0.980. The quantitative estimate of drug-likeness (QED) is 0.846. The van der Waals surface area contributed by atoms with Crippen molar-refractivity contribution in [2.75, 3.05) is 6.54 Å². The molecule has 1 unspecified atom stereocenters. The first-order valence-electron chi connectivity index (χ1n) is 5.83. The second-order valence-electron chi connectivity index (χ2n) is 4.41. The molecule has 0 saturated carbocycles. The van der Waals surface area contributed by atoms with Gasteiger partial charge in [0.2, 0.25) is 10.0 Å². The highest BCUT2D eigenvalue weighted by atomic mass is 32.2. The van der Waals surface area contributed by atoms with Gasteiger partial charge in [-0.25, -0.2) is 8.42 Å². The molecule has 1 aliphatic heterocycles. The third kappa shape index (κ3) is 2.88. The summed E-state index contributed by atoms with van der Waals surface area (Å²) < 4.78 is 26.1. The van der Waals surface area contributed by atoms with E-state index in [1.807, 2.05) is 30.3 Å². The van der Waals surface area contributed by atoms with Crippen LogP contribution >= 0.6 is 12.2 Å². The first-order valence-corrected chi connectivity index (χ1v) is 7.85. The van der Waals surface area contributed by atoms with Crippen LogP contribution in [0.2, 0.25) is 0 Å². The fourth-order valence-corrected chi connectivity index (χ4v) is 4.33. The van der Waals surface area contributed by atoms with Crippen molar-refractivity contribution < 1.29 is 8.42 Å². The van der Waals surface area contributed by atoms with Crippen LogP contribution in [0.15, 0.2) is 30.3 Å². The number of benzene rings is 1. The van der Waals surface area contributed by atoms with Crippen LogP contribution in [0.25, 0.3) is 0 Å². The first-order chi connectivity index (χ1) is 8.50. The topological polar surface area (TPSA) is 63.4 Å². The number of nitrogens with zero attached hydrogens (tertiary/aromatic N) is 1. The van der Waals surface area contributed by atoms with E-state index in [2.05, 4.69) is 0 Å². The maximum Gasteiger partial charge on any atom is 0.218 e. The first kappa shape index (κ1) is 13.5. The Morgan fingerprint density at radius 1 is 1.39 bits per heavy atom. The van der Waals surface area contributed by atoms with Crippen LogP contribution in [0.5, 0.6) is 0 Å². The fraction of sp³-hybridized carbons (Fsp3) is 0.417. The summed E-state index contributed by atoms with van der Waals surface area (Å²) in [5.41, 5.74) is 6.39. The second kappa shape index (κ2) is 5.34. The molecule has 4 nitrogen and oxygen atoms in total. The monoisotopic (exact) mass is 284 g/mol. The van der Waals surface area contributed by atoms with Gasteiger partial charge in [0.25, 0.3) is 0 Å². The predicted octanol–water partition coefficient (Wildman–Crippen LogP) is 1.27. The van der Waals surface area contributed by atoms with E-state index >= 15 is 0 Å². The molecule has 1 aromatic rings. The summed E-state index contributed by atoms with van der Waals surface area (Å²) >= 11 is 4.94. The van der Waals surface area contributed by atoms with Crippen LogP contribution in [0, 0.1) is 0 Å². The van der Waals surface area contributed by atoms with E-state index in [1.165, 1.54) is 4.31 Å².